The molecule has 0 aromatic heterocycles. The van der Waals surface area contributed by atoms with Crippen LogP contribution in [0.2, 0.25) is 0 Å². The Morgan fingerprint density at radius 2 is 1.93 bits per heavy atom. The summed E-state index contributed by atoms with van der Waals surface area (Å²) in [4.78, 5) is 11.3. The Morgan fingerprint density at radius 1 is 1.33 bits per heavy atom. The third kappa shape index (κ3) is 4.19. The van der Waals surface area contributed by atoms with E-state index < -0.39 is 0 Å². The van der Waals surface area contributed by atoms with Crippen molar-refractivity contribution < 1.29 is 9.90 Å². The lowest BCUT2D eigenvalue weighted by Gasteiger charge is -2.04. The number of carbonyl (C=O) groups is 1. The van der Waals surface area contributed by atoms with Gasteiger partial charge in [-0.15, -0.1) is 34.0 Å². The minimum absolute atomic E-state index is 0. The van der Waals surface area contributed by atoms with Crippen LogP contribution in [0.3, 0.4) is 0 Å². The highest BCUT2D eigenvalue weighted by Crippen LogP contribution is 2.24. The molecule has 6 heteroatoms. The van der Waals surface area contributed by atoms with Crippen LogP contribution in [0.5, 0.6) is 5.75 Å². The lowest BCUT2D eigenvalue weighted by molar-refractivity contribution is 0.0986. The van der Waals surface area contributed by atoms with Gasteiger partial charge in [0, 0.05) is 12.0 Å². The number of rotatable bonds is 3. The quantitative estimate of drug-likeness (QED) is 0.443. The van der Waals surface area contributed by atoms with E-state index in [1.807, 2.05) is 0 Å². The standard InChI is InChI=1S/C9H12N2O2.2BrH/c10-5-4-7(12)6-2-1-3-8(13)9(6)11;;/h1-3,13H,4-5,10-11H2;2*1H. The summed E-state index contributed by atoms with van der Waals surface area (Å²) in [5.41, 5.74) is 11.2. The number of hydrogen-bond acceptors (Lipinski definition) is 4. The molecule has 0 bridgehead atoms. The van der Waals surface area contributed by atoms with Crippen molar-refractivity contribution in [3.8, 4) is 5.75 Å². The molecular formula is C9H14Br2N2O2. The molecule has 0 radical (unpaired) electrons. The Hall–Kier alpha value is -0.590. The average molecular weight is 342 g/mol. The largest absolute Gasteiger partial charge is 0.506 e. The monoisotopic (exact) mass is 340 g/mol. The van der Waals surface area contributed by atoms with Crippen molar-refractivity contribution in [1.82, 2.24) is 0 Å². The van der Waals surface area contributed by atoms with Crippen LogP contribution in [0.25, 0.3) is 0 Å². The second-order valence-corrected chi connectivity index (χ2v) is 2.70. The maximum absolute atomic E-state index is 11.3. The molecule has 0 amide bonds. The lowest BCUT2D eigenvalue weighted by atomic mass is 10.1. The number of anilines is 1. The first-order valence-corrected chi connectivity index (χ1v) is 3.97. The average Bonchev–Trinajstić information content (AvgIpc) is 2.10. The minimum Gasteiger partial charge on any atom is -0.506 e. The molecule has 0 unspecified atom stereocenters. The summed E-state index contributed by atoms with van der Waals surface area (Å²) in [5.74, 6) is -0.209. The highest BCUT2D eigenvalue weighted by Gasteiger charge is 2.10. The maximum Gasteiger partial charge on any atom is 0.166 e. The van der Waals surface area contributed by atoms with Gasteiger partial charge in [-0.25, -0.2) is 0 Å². The predicted molar refractivity (Wildman–Crippen MR) is 71.2 cm³/mol. The predicted octanol–water partition coefficient (Wildman–Crippen LogP) is 1.66. The van der Waals surface area contributed by atoms with Gasteiger partial charge in [-0.3, -0.25) is 4.79 Å². The van der Waals surface area contributed by atoms with Gasteiger partial charge in [0.05, 0.1) is 5.69 Å². The van der Waals surface area contributed by atoms with Crippen molar-refractivity contribution >= 4 is 45.4 Å². The van der Waals surface area contributed by atoms with E-state index in [0.29, 0.717) is 5.56 Å². The molecule has 86 valence electrons. The molecule has 0 fully saturated rings. The summed E-state index contributed by atoms with van der Waals surface area (Å²) >= 11 is 0. The smallest absolute Gasteiger partial charge is 0.166 e. The van der Waals surface area contributed by atoms with Crippen molar-refractivity contribution in [3.05, 3.63) is 23.8 Å². The van der Waals surface area contributed by atoms with Gasteiger partial charge in [0.25, 0.3) is 0 Å². The van der Waals surface area contributed by atoms with E-state index in [4.69, 9.17) is 11.5 Å². The Morgan fingerprint density at radius 3 is 2.47 bits per heavy atom. The number of aromatic hydroxyl groups is 1. The number of halogens is 2. The number of ketones is 1. The Labute approximate surface area is 109 Å². The van der Waals surface area contributed by atoms with Crippen molar-refractivity contribution in [2.75, 3.05) is 12.3 Å². The fourth-order valence-corrected chi connectivity index (χ4v) is 1.06. The molecule has 0 aliphatic rings. The number of nitrogen functional groups attached to an aromatic ring is 1. The number of hydrogen-bond donors (Lipinski definition) is 3. The third-order valence-electron chi connectivity index (χ3n) is 1.75. The van der Waals surface area contributed by atoms with E-state index >= 15 is 0 Å². The van der Waals surface area contributed by atoms with Crippen LogP contribution < -0.4 is 11.5 Å². The van der Waals surface area contributed by atoms with E-state index in [1.165, 1.54) is 6.07 Å². The molecule has 0 saturated carbocycles. The van der Waals surface area contributed by atoms with E-state index in [0.717, 1.165) is 0 Å². The SMILES string of the molecule is Br.Br.NCCC(=O)c1cccc(O)c1N. The molecule has 4 nitrogen and oxygen atoms in total. The molecule has 0 atom stereocenters. The fraction of sp³-hybridized carbons (Fsp3) is 0.222. The van der Waals surface area contributed by atoms with Crippen molar-refractivity contribution in [3.63, 3.8) is 0 Å². The van der Waals surface area contributed by atoms with Gasteiger partial charge in [-0.2, -0.15) is 0 Å². The molecule has 1 aromatic rings. The number of nitrogens with two attached hydrogens (primary N) is 2. The number of carbonyl (C=O) groups excluding carboxylic acids is 1. The molecular weight excluding hydrogens is 328 g/mol. The number of benzene rings is 1. The zero-order valence-electron chi connectivity index (χ0n) is 7.97. The molecule has 1 rings (SSSR count). The molecule has 5 N–H and O–H groups in total. The molecule has 15 heavy (non-hydrogen) atoms. The van der Waals surface area contributed by atoms with Gasteiger partial charge in [0.2, 0.25) is 0 Å². The maximum atomic E-state index is 11.3. The summed E-state index contributed by atoms with van der Waals surface area (Å²) in [5, 5.41) is 9.21. The topological polar surface area (TPSA) is 89.3 Å². The molecule has 0 heterocycles. The third-order valence-corrected chi connectivity index (χ3v) is 1.75. The van der Waals surface area contributed by atoms with Crippen LogP contribution in [-0.4, -0.2) is 17.4 Å². The highest BCUT2D eigenvalue weighted by molar-refractivity contribution is 8.93. The van der Waals surface area contributed by atoms with Gasteiger partial charge in [0.1, 0.15) is 5.75 Å². The van der Waals surface area contributed by atoms with Crippen LogP contribution in [0.4, 0.5) is 5.69 Å². The van der Waals surface area contributed by atoms with Crippen LogP contribution >= 0.6 is 34.0 Å². The fourth-order valence-electron chi connectivity index (χ4n) is 1.06. The Kier molecular flexibility index (Phi) is 8.60. The normalized spacial score (nSPS) is 8.60. The van der Waals surface area contributed by atoms with Gasteiger partial charge in [-0.05, 0) is 18.7 Å². The highest BCUT2D eigenvalue weighted by atomic mass is 79.9. The van der Waals surface area contributed by atoms with Gasteiger partial charge in [0.15, 0.2) is 5.78 Å². The van der Waals surface area contributed by atoms with Crippen LogP contribution in [0, 0.1) is 0 Å². The van der Waals surface area contributed by atoms with Crippen molar-refractivity contribution in [2.45, 2.75) is 6.42 Å². The van der Waals surface area contributed by atoms with Crippen LogP contribution in [0.1, 0.15) is 16.8 Å². The summed E-state index contributed by atoms with van der Waals surface area (Å²) in [7, 11) is 0. The molecule has 1 aromatic carbocycles. The minimum atomic E-state index is -0.143. The molecule has 0 aliphatic heterocycles. The van der Waals surface area contributed by atoms with Gasteiger partial charge >= 0.3 is 0 Å². The lowest BCUT2D eigenvalue weighted by Crippen LogP contribution is -2.10. The van der Waals surface area contributed by atoms with Crippen LogP contribution in [0.15, 0.2) is 18.2 Å². The first kappa shape index (κ1) is 16.8. The molecule has 0 aliphatic carbocycles. The Bertz CT molecular complexity index is 332. The first-order chi connectivity index (χ1) is 6.16. The number of para-hydroxylation sites is 1. The molecule has 0 spiro atoms. The number of phenols is 1. The van der Waals surface area contributed by atoms with Gasteiger partial charge in [-0.1, -0.05) is 6.07 Å². The van der Waals surface area contributed by atoms with E-state index in [2.05, 4.69) is 0 Å². The first-order valence-electron chi connectivity index (χ1n) is 3.97. The number of Topliss-reactive ketones (excluding diaryl/α,β-unsaturated/α-hetero) is 1. The Balaban J connectivity index is 0. The second-order valence-electron chi connectivity index (χ2n) is 2.70. The van der Waals surface area contributed by atoms with Crippen molar-refractivity contribution in [1.29, 1.82) is 0 Å². The van der Waals surface area contributed by atoms with E-state index in [-0.39, 0.29) is 64.1 Å². The van der Waals surface area contributed by atoms with E-state index in [1.54, 1.807) is 12.1 Å². The summed E-state index contributed by atoms with van der Waals surface area (Å²) in [6.45, 7) is 0.286. The van der Waals surface area contributed by atoms with E-state index in [9.17, 15) is 9.90 Å². The van der Waals surface area contributed by atoms with Crippen molar-refractivity contribution in [2.24, 2.45) is 5.73 Å². The summed E-state index contributed by atoms with van der Waals surface area (Å²) in [6, 6.07) is 4.59. The number of phenolic OH excluding ortho intramolecular Hbond substituents is 1. The zero-order valence-corrected chi connectivity index (χ0v) is 11.4. The summed E-state index contributed by atoms with van der Waals surface area (Å²) < 4.78 is 0. The van der Waals surface area contributed by atoms with Crippen LogP contribution in [-0.2, 0) is 0 Å². The summed E-state index contributed by atoms with van der Waals surface area (Å²) in [6.07, 6.45) is 0.244. The zero-order chi connectivity index (χ0) is 9.84. The van der Waals surface area contributed by atoms with Gasteiger partial charge < -0.3 is 16.6 Å². The molecule has 0 saturated heterocycles. The second kappa shape index (κ2) is 7.67.